The van der Waals surface area contributed by atoms with Gasteiger partial charge in [0.1, 0.15) is 11.3 Å². The monoisotopic (exact) mass is 374 g/mol. The molecule has 3 aromatic heterocycles. The second kappa shape index (κ2) is 5.05. The predicted octanol–water partition coefficient (Wildman–Crippen LogP) is 6.28. The van der Waals surface area contributed by atoms with E-state index in [1.807, 2.05) is 12.4 Å². The number of furan rings is 1. The standard InChI is InChI=1S/C23H22N2OS/c1-2-18(23-10-14-5-15(11-23)7-16(6-14)12-23)9-19-17(1)8-20(26-19)21-13-25-4-3-24-22(25)27-21/h1-4,8-9,13-16H,5-7,10-12H2. The molecule has 4 aliphatic carbocycles. The Bertz CT molecular complexity index is 1120. The molecule has 4 bridgehead atoms. The normalized spacial score (nSPS) is 32.1. The summed E-state index contributed by atoms with van der Waals surface area (Å²) in [5.74, 6) is 3.88. The van der Waals surface area contributed by atoms with E-state index in [4.69, 9.17) is 4.42 Å². The van der Waals surface area contributed by atoms with Gasteiger partial charge in [-0.05, 0) is 79.4 Å². The molecule has 0 radical (unpaired) electrons. The van der Waals surface area contributed by atoms with E-state index >= 15 is 0 Å². The van der Waals surface area contributed by atoms with Gasteiger partial charge in [-0.15, -0.1) is 0 Å². The highest BCUT2D eigenvalue weighted by Crippen LogP contribution is 2.60. The van der Waals surface area contributed by atoms with Crippen molar-refractivity contribution in [1.29, 1.82) is 0 Å². The summed E-state index contributed by atoms with van der Waals surface area (Å²) in [6, 6.07) is 9.24. The Balaban J connectivity index is 1.31. The van der Waals surface area contributed by atoms with Gasteiger partial charge < -0.3 is 4.42 Å². The van der Waals surface area contributed by atoms with E-state index in [0.717, 1.165) is 38.9 Å². The Kier molecular flexibility index (Phi) is 2.79. The summed E-state index contributed by atoms with van der Waals surface area (Å²) in [6.07, 6.45) is 14.6. The summed E-state index contributed by atoms with van der Waals surface area (Å²) >= 11 is 1.68. The van der Waals surface area contributed by atoms with Crippen molar-refractivity contribution in [3.63, 3.8) is 0 Å². The molecule has 0 atom stereocenters. The highest BCUT2D eigenvalue weighted by molar-refractivity contribution is 7.20. The maximum Gasteiger partial charge on any atom is 0.194 e. The van der Waals surface area contributed by atoms with E-state index in [1.165, 1.54) is 49.5 Å². The molecular formula is C23H22N2OS. The Morgan fingerprint density at radius 3 is 2.56 bits per heavy atom. The zero-order valence-electron chi connectivity index (χ0n) is 15.2. The fraction of sp³-hybridized carbons (Fsp3) is 0.435. The maximum absolute atomic E-state index is 6.33. The minimum Gasteiger partial charge on any atom is -0.455 e. The minimum atomic E-state index is 0.430. The lowest BCUT2D eigenvalue weighted by molar-refractivity contribution is -0.00515. The predicted molar refractivity (Wildman–Crippen MR) is 108 cm³/mol. The summed E-state index contributed by atoms with van der Waals surface area (Å²) < 4.78 is 8.39. The quantitative estimate of drug-likeness (QED) is 0.413. The number of imidazole rings is 1. The molecule has 0 aliphatic heterocycles. The van der Waals surface area contributed by atoms with Crippen LogP contribution in [-0.4, -0.2) is 9.38 Å². The van der Waals surface area contributed by atoms with Crippen molar-refractivity contribution in [1.82, 2.24) is 9.38 Å². The Morgan fingerprint density at radius 1 is 1.04 bits per heavy atom. The van der Waals surface area contributed by atoms with Crippen LogP contribution in [-0.2, 0) is 5.41 Å². The average Bonchev–Trinajstić information content (AvgIpc) is 3.33. The van der Waals surface area contributed by atoms with E-state index in [2.05, 4.69) is 39.8 Å². The van der Waals surface area contributed by atoms with Gasteiger partial charge >= 0.3 is 0 Å². The van der Waals surface area contributed by atoms with Crippen LogP contribution < -0.4 is 0 Å². The number of hydrogen-bond acceptors (Lipinski definition) is 3. The molecule has 3 heterocycles. The molecule has 136 valence electrons. The van der Waals surface area contributed by atoms with Gasteiger partial charge in [-0.3, -0.25) is 4.40 Å². The summed E-state index contributed by atoms with van der Waals surface area (Å²) in [4.78, 5) is 6.54. The van der Waals surface area contributed by atoms with E-state index in [9.17, 15) is 0 Å². The topological polar surface area (TPSA) is 30.4 Å². The second-order valence-corrected chi connectivity index (χ2v) is 10.3. The number of hydrogen-bond donors (Lipinski definition) is 0. The number of thiazole rings is 1. The molecule has 0 N–H and O–H groups in total. The van der Waals surface area contributed by atoms with Gasteiger partial charge in [0, 0.05) is 24.0 Å². The van der Waals surface area contributed by atoms with Gasteiger partial charge in [0.15, 0.2) is 4.96 Å². The van der Waals surface area contributed by atoms with Crippen LogP contribution in [0, 0.1) is 17.8 Å². The third-order valence-corrected chi connectivity index (χ3v) is 8.53. The van der Waals surface area contributed by atoms with Crippen LogP contribution in [0.1, 0.15) is 44.1 Å². The van der Waals surface area contributed by atoms with Crippen molar-refractivity contribution < 1.29 is 4.42 Å². The first-order chi connectivity index (χ1) is 13.2. The lowest BCUT2D eigenvalue weighted by Crippen LogP contribution is -2.48. The van der Waals surface area contributed by atoms with Crippen LogP contribution in [0.2, 0.25) is 0 Å². The number of rotatable bonds is 2. The van der Waals surface area contributed by atoms with Gasteiger partial charge in [-0.1, -0.05) is 23.5 Å². The molecule has 0 spiro atoms. The fourth-order valence-electron chi connectivity index (χ4n) is 6.79. The van der Waals surface area contributed by atoms with E-state index in [-0.39, 0.29) is 0 Å². The molecule has 3 nitrogen and oxygen atoms in total. The van der Waals surface area contributed by atoms with Crippen LogP contribution in [0.4, 0.5) is 0 Å². The van der Waals surface area contributed by atoms with Crippen molar-refractivity contribution in [3.05, 3.63) is 48.4 Å². The maximum atomic E-state index is 6.33. The SMILES string of the molecule is c1cn2cc(-c3cc4ccc(C56CC7CC(CC(C7)C5)C6)cc4o3)sc2n1. The molecule has 0 saturated heterocycles. The van der Waals surface area contributed by atoms with E-state index in [0.29, 0.717) is 5.41 Å². The largest absolute Gasteiger partial charge is 0.455 e. The van der Waals surface area contributed by atoms with Gasteiger partial charge in [0.05, 0.1) is 4.88 Å². The molecule has 0 unspecified atom stereocenters. The molecule has 4 aromatic rings. The van der Waals surface area contributed by atoms with Gasteiger partial charge in [-0.25, -0.2) is 4.98 Å². The van der Waals surface area contributed by atoms with Crippen molar-refractivity contribution >= 4 is 27.3 Å². The molecule has 1 aromatic carbocycles. The smallest absolute Gasteiger partial charge is 0.194 e. The average molecular weight is 375 g/mol. The molecule has 0 amide bonds. The van der Waals surface area contributed by atoms with Crippen LogP contribution in [0.25, 0.3) is 26.6 Å². The van der Waals surface area contributed by atoms with Crippen molar-refractivity contribution in [2.75, 3.05) is 0 Å². The Hall–Kier alpha value is -2.07. The molecule has 4 aliphatic rings. The third kappa shape index (κ3) is 2.11. The number of aromatic nitrogens is 2. The highest BCUT2D eigenvalue weighted by atomic mass is 32.1. The number of fused-ring (bicyclic) bond motifs is 2. The lowest BCUT2D eigenvalue weighted by atomic mass is 9.48. The van der Waals surface area contributed by atoms with Crippen LogP contribution in [0.15, 0.2) is 47.3 Å². The summed E-state index contributed by atoms with van der Waals surface area (Å²) in [7, 11) is 0. The summed E-state index contributed by atoms with van der Waals surface area (Å²) in [5, 5.41) is 1.21. The number of nitrogens with zero attached hydrogens (tertiary/aromatic N) is 2. The van der Waals surface area contributed by atoms with Crippen molar-refractivity contribution in [2.24, 2.45) is 17.8 Å². The van der Waals surface area contributed by atoms with Gasteiger partial charge in [0.25, 0.3) is 0 Å². The van der Waals surface area contributed by atoms with E-state index in [1.54, 1.807) is 11.3 Å². The number of benzene rings is 1. The lowest BCUT2D eigenvalue weighted by Gasteiger charge is -2.57. The first-order valence-electron chi connectivity index (χ1n) is 10.2. The third-order valence-electron chi connectivity index (χ3n) is 7.50. The molecule has 27 heavy (non-hydrogen) atoms. The molecule has 4 heteroatoms. The van der Waals surface area contributed by atoms with Gasteiger partial charge in [-0.2, -0.15) is 0 Å². The first-order valence-corrected chi connectivity index (χ1v) is 11.0. The van der Waals surface area contributed by atoms with Crippen molar-refractivity contribution in [2.45, 2.75) is 43.9 Å². The van der Waals surface area contributed by atoms with E-state index < -0.39 is 0 Å². The van der Waals surface area contributed by atoms with Gasteiger partial charge in [0.2, 0.25) is 0 Å². The molecule has 8 rings (SSSR count). The Labute approximate surface area is 162 Å². The minimum absolute atomic E-state index is 0.430. The Morgan fingerprint density at radius 2 is 1.81 bits per heavy atom. The zero-order valence-corrected chi connectivity index (χ0v) is 16.0. The summed E-state index contributed by atoms with van der Waals surface area (Å²) in [5.41, 5.74) is 3.01. The molecule has 4 fully saturated rings. The van der Waals surface area contributed by atoms with Crippen molar-refractivity contribution in [3.8, 4) is 10.6 Å². The summed E-state index contributed by atoms with van der Waals surface area (Å²) in [6.45, 7) is 0. The highest BCUT2D eigenvalue weighted by Gasteiger charge is 2.51. The second-order valence-electron chi connectivity index (χ2n) is 9.27. The van der Waals surface area contributed by atoms with Crippen LogP contribution in [0.3, 0.4) is 0 Å². The van der Waals surface area contributed by atoms with Crippen LogP contribution >= 0.6 is 11.3 Å². The first kappa shape index (κ1) is 14.9. The fourth-order valence-corrected chi connectivity index (χ4v) is 7.68. The van der Waals surface area contributed by atoms with Crippen LogP contribution in [0.5, 0.6) is 0 Å². The zero-order chi connectivity index (χ0) is 17.6. The molecule has 4 saturated carbocycles. The molecular weight excluding hydrogens is 352 g/mol.